The van der Waals surface area contributed by atoms with Crippen LogP contribution in [0.5, 0.6) is 0 Å². The molecule has 0 fully saturated rings. The molecule has 0 aliphatic heterocycles. The maximum atomic E-state index is 6.22. The third-order valence-corrected chi connectivity index (χ3v) is 19.0. The Morgan fingerprint density at radius 2 is 1.05 bits per heavy atom. The van der Waals surface area contributed by atoms with Gasteiger partial charge in [0.05, 0.1) is 0 Å². The van der Waals surface area contributed by atoms with E-state index < -0.39 is 5.24 Å². The molecule has 0 aromatic heterocycles. The summed E-state index contributed by atoms with van der Waals surface area (Å²) < 4.78 is 1.39. The predicted octanol–water partition coefficient (Wildman–Crippen LogP) is 3.71. The van der Waals surface area contributed by atoms with Crippen molar-refractivity contribution >= 4 is 55.8 Å². The Morgan fingerprint density at radius 3 is 1.50 bits per heavy atom. The van der Waals surface area contributed by atoms with Gasteiger partial charge in [-0.25, -0.2) is 0 Å². The summed E-state index contributed by atoms with van der Waals surface area (Å²) in [5.74, 6) is 0. The molecule has 0 aliphatic carbocycles. The molecule has 0 radical (unpaired) electrons. The molecular formula is C18H15PS2Se. The van der Waals surface area contributed by atoms with Crippen molar-refractivity contribution < 1.29 is 0 Å². The van der Waals surface area contributed by atoms with E-state index in [2.05, 4.69) is 91.0 Å². The van der Waals surface area contributed by atoms with Gasteiger partial charge in [0.1, 0.15) is 0 Å². The van der Waals surface area contributed by atoms with E-state index >= 15 is 0 Å². The summed E-state index contributed by atoms with van der Waals surface area (Å²) in [5.41, 5.74) is 0. The fourth-order valence-electron chi connectivity index (χ4n) is 2.06. The fourth-order valence-corrected chi connectivity index (χ4v) is 15.8. The Labute approximate surface area is 146 Å². The zero-order valence-electron chi connectivity index (χ0n) is 11.8. The van der Waals surface area contributed by atoms with E-state index in [4.69, 9.17) is 11.8 Å². The van der Waals surface area contributed by atoms with Gasteiger partial charge in [-0.3, -0.25) is 0 Å². The summed E-state index contributed by atoms with van der Waals surface area (Å²) in [6.07, 6.45) is 0. The molecule has 3 aromatic carbocycles. The van der Waals surface area contributed by atoms with E-state index in [1.54, 1.807) is 0 Å². The zero-order valence-corrected chi connectivity index (χ0v) is 16.1. The second-order valence-electron chi connectivity index (χ2n) is 4.69. The van der Waals surface area contributed by atoms with Crippen LogP contribution in [0.25, 0.3) is 0 Å². The van der Waals surface area contributed by atoms with Crippen LogP contribution in [0.1, 0.15) is 0 Å². The van der Waals surface area contributed by atoms with Crippen LogP contribution < -0.4 is 15.1 Å². The van der Waals surface area contributed by atoms with Crippen molar-refractivity contribution in [3.63, 3.8) is 0 Å². The van der Waals surface area contributed by atoms with Crippen molar-refractivity contribution in [2.45, 2.75) is 0 Å². The van der Waals surface area contributed by atoms with Gasteiger partial charge in [0.2, 0.25) is 0 Å². The van der Waals surface area contributed by atoms with Crippen LogP contribution in [-0.4, -0.2) is 13.8 Å². The van der Waals surface area contributed by atoms with Crippen molar-refractivity contribution in [1.29, 1.82) is 0 Å². The third-order valence-electron chi connectivity index (χ3n) is 3.17. The summed E-state index contributed by atoms with van der Waals surface area (Å²) in [6.45, 7) is 0. The van der Waals surface area contributed by atoms with Gasteiger partial charge >= 0.3 is 147 Å². The molecule has 0 saturated heterocycles. The SMILES string of the molecule is S=P(S[Se]c1ccccc1)(c1ccccc1)c1ccccc1. The first kappa shape index (κ1) is 16.1. The zero-order chi connectivity index (χ0) is 15.3. The van der Waals surface area contributed by atoms with Gasteiger partial charge in [0, 0.05) is 0 Å². The quantitative estimate of drug-likeness (QED) is 0.469. The first-order valence-electron chi connectivity index (χ1n) is 6.92. The van der Waals surface area contributed by atoms with Crippen LogP contribution in [0.4, 0.5) is 0 Å². The molecule has 0 N–H and O–H groups in total. The second kappa shape index (κ2) is 7.64. The van der Waals surface area contributed by atoms with Crippen LogP contribution in [-0.2, 0) is 11.8 Å². The van der Waals surface area contributed by atoms with E-state index in [1.807, 2.05) is 9.80 Å². The molecule has 0 unspecified atom stereocenters. The van der Waals surface area contributed by atoms with Gasteiger partial charge < -0.3 is 0 Å². The molecule has 0 heterocycles. The van der Waals surface area contributed by atoms with Crippen LogP contribution in [0.15, 0.2) is 91.0 Å². The predicted molar refractivity (Wildman–Crippen MR) is 106 cm³/mol. The summed E-state index contributed by atoms with van der Waals surface area (Å²) in [6, 6.07) is 31.9. The maximum absolute atomic E-state index is 6.22. The van der Waals surface area contributed by atoms with Crippen LogP contribution in [0.3, 0.4) is 0 Å². The summed E-state index contributed by atoms with van der Waals surface area (Å²) in [7, 11) is 1.97. The fraction of sp³-hybridized carbons (Fsp3) is 0. The summed E-state index contributed by atoms with van der Waals surface area (Å²) >= 11 is 6.55. The molecule has 0 bridgehead atoms. The molecule has 110 valence electrons. The van der Waals surface area contributed by atoms with Gasteiger partial charge in [-0.1, -0.05) is 0 Å². The second-order valence-corrected chi connectivity index (χ2v) is 16.4. The average Bonchev–Trinajstić information content (AvgIpc) is 2.62. The molecule has 0 saturated carbocycles. The van der Waals surface area contributed by atoms with E-state index in [1.165, 1.54) is 15.1 Å². The summed E-state index contributed by atoms with van der Waals surface area (Å²) in [5, 5.41) is 0.770. The monoisotopic (exact) mass is 406 g/mol. The first-order valence-corrected chi connectivity index (χ1v) is 14.0. The summed E-state index contributed by atoms with van der Waals surface area (Å²) in [4.78, 5) is 0. The number of hydrogen-bond acceptors (Lipinski definition) is 2. The minimum absolute atomic E-state index is 0.322. The van der Waals surface area contributed by atoms with Crippen LogP contribution in [0, 0.1) is 0 Å². The van der Waals surface area contributed by atoms with Crippen molar-refractivity contribution in [3.8, 4) is 0 Å². The number of rotatable bonds is 5. The Morgan fingerprint density at radius 1 is 0.636 bits per heavy atom. The van der Waals surface area contributed by atoms with Crippen molar-refractivity contribution in [2.75, 3.05) is 0 Å². The first-order chi connectivity index (χ1) is 10.8. The average molecular weight is 405 g/mol. The number of benzene rings is 3. The van der Waals surface area contributed by atoms with Gasteiger partial charge in [-0.2, -0.15) is 0 Å². The van der Waals surface area contributed by atoms with Gasteiger partial charge in [0.15, 0.2) is 0 Å². The van der Waals surface area contributed by atoms with Crippen LogP contribution >= 0.6 is 15.0 Å². The molecule has 4 heteroatoms. The Bertz CT molecular complexity index is 717. The van der Waals surface area contributed by atoms with Crippen molar-refractivity contribution in [3.05, 3.63) is 91.0 Å². The Balaban J connectivity index is 1.95. The molecular weight excluding hydrogens is 390 g/mol. The molecule has 0 nitrogen and oxygen atoms in total. The van der Waals surface area contributed by atoms with E-state index in [0.717, 1.165) is 0 Å². The molecule has 0 amide bonds. The number of hydrogen-bond donors (Lipinski definition) is 0. The van der Waals surface area contributed by atoms with E-state index in [9.17, 15) is 0 Å². The normalized spacial score (nSPS) is 11.3. The Hall–Kier alpha value is -0.821. The van der Waals surface area contributed by atoms with Crippen molar-refractivity contribution in [1.82, 2.24) is 0 Å². The van der Waals surface area contributed by atoms with Crippen molar-refractivity contribution in [2.24, 2.45) is 0 Å². The van der Waals surface area contributed by atoms with Crippen LogP contribution in [0.2, 0.25) is 0 Å². The molecule has 0 aliphatic rings. The molecule has 3 rings (SSSR count). The van der Waals surface area contributed by atoms with E-state index in [0.29, 0.717) is 13.8 Å². The van der Waals surface area contributed by atoms with Gasteiger partial charge in [-0.15, -0.1) is 0 Å². The third kappa shape index (κ3) is 3.74. The molecule has 3 aromatic rings. The standard InChI is InChI=1S/C18H15PS2Se/c20-19(16-10-4-1-5-11-16,17-12-6-2-7-13-17)21-22-18-14-8-3-9-15-18/h1-15H. The molecule has 0 atom stereocenters. The minimum atomic E-state index is -1.81. The topological polar surface area (TPSA) is 0 Å². The molecule has 0 spiro atoms. The van der Waals surface area contributed by atoms with Gasteiger partial charge in [-0.05, 0) is 0 Å². The molecule has 22 heavy (non-hydrogen) atoms. The van der Waals surface area contributed by atoms with Gasteiger partial charge in [0.25, 0.3) is 0 Å². The Kier molecular flexibility index (Phi) is 5.57. The van der Waals surface area contributed by atoms with E-state index in [-0.39, 0.29) is 0 Å².